The molecule has 0 amide bonds. The van der Waals surface area contributed by atoms with Gasteiger partial charge >= 0.3 is 0 Å². The Kier molecular flexibility index (Phi) is 6.07. The third-order valence-corrected chi connectivity index (χ3v) is 3.69. The molecular weight excluding hydrogens is 248 g/mol. The number of nitrogens with two attached hydrogens (primary N) is 1. The molecule has 1 saturated heterocycles. The average molecular weight is 272 g/mol. The summed E-state index contributed by atoms with van der Waals surface area (Å²) in [5.74, 6) is 6.86. The summed E-state index contributed by atoms with van der Waals surface area (Å²) < 4.78 is 5.41. The lowest BCUT2D eigenvalue weighted by molar-refractivity contribution is 0.0549. The Hall–Kier alpha value is -1.34. The molecule has 0 saturated carbocycles. The Morgan fingerprint density at radius 2 is 2.05 bits per heavy atom. The van der Waals surface area contributed by atoms with Crippen molar-refractivity contribution in [2.24, 2.45) is 11.7 Å². The fourth-order valence-electron chi connectivity index (χ4n) is 2.65. The molecule has 0 spiro atoms. The lowest BCUT2D eigenvalue weighted by Crippen LogP contribution is -2.29. The van der Waals surface area contributed by atoms with Crippen LogP contribution >= 0.6 is 0 Å². The van der Waals surface area contributed by atoms with Crippen molar-refractivity contribution in [1.29, 1.82) is 0 Å². The van der Waals surface area contributed by atoms with E-state index < -0.39 is 0 Å². The molecule has 0 radical (unpaired) electrons. The van der Waals surface area contributed by atoms with Crippen molar-refractivity contribution in [1.82, 2.24) is 4.90 Å². The molecule has 1 aliphatic heterocycles. The third-order valence-electron chi connectivity index (χ3n) is 3.69. The topological polar surface area (TPSA) is 38.5 Å². The molecule has 3 heteroatoms. The quantitative estimate of drug-likeness (QED) is 0.850. The molecule has 1 fully saturated rings. The van der Waals surface area contributed by atoms with Crippen LogP contribution in [0.15, 0.2) is 24.3 Å². The lowest BCUT2D eigenvalue weighted by Gasteiger charge is -2.27. The summed E-state index contributed by atoms with van der Waals surface area (Å²) in [7, 11) is 2.18. The van der Waals surface area contributed by atoms with Crippen molar-refractivity contribution in [3.8, 4) is 11.8 Å². The van der Waals surface area contributed by atoms with E-state index in [0.29, 0.717) is 6.54 Å². The molecule has 0 aromatic heterocycles. The fourth-order valence-corrected chi connectivity index (χ4v) is 2.65. The first-order chi connectivity index (χ1) is 9.79. The normalized spacial score (nSPS) is 15.9. The molecule has 0 aliphatic carbocycles. The van der Waals surface area contributed by atoms with Gasteiger partial charge in [0.25, 0.3) is 0 Å². The minimum absolute atomic E-state index is 0.409. The van der Waals surface area contributed by atoms with E-state index in [1.807, 2.05) is 6.07 Å². The van der Waals surface area contributed by atoms with Crippen molar-refractivity contribution in [2.45, 2.75) is 19.4 Å². The van der Waals surface area contributed by atoms with E-state index in [0.717, 1.165) is 37.8 Å². The maximum Gasteiger partial charge on any atom is 0.0555 e. The molecule has 0 bridgehead atoms. The van der Waals surface area contributed by atoms with Gasteiger partial charge in [0.2, 0.25) is 0 Å². The van der Waals surface area contributed by atoms with E-state index in [9.17, 15) is 0 Å². The van der Waals surface area contributed by atoms with Gasteiger partial charge in [-0.15, -0.1) is 0 Å². The molecule has 2 rings (SSSR count). The van der Waals surface area contributed by atoms with Crippen LogP contribution in [0.5, 0.6) is 0 Å². The van der Waals surface area contributed by atoms with Gasteiger partial charge in [0.15, 0.2) is 0 Å². The molecule has 1 heterocycles. The summed E-state index contributed by atoms with van der Waals surface area (Å²) in [6.07, 6.45) is 2.36. The second kappa shape index (κ2) is 8.06. The highest BCUT2D eigenvalue weighted by Gasteiger charge is 2.16. The Bertz CT molecular complexity index is 469. The van der Waals surface area contributed by atoms with Crippen LogP contribution in [-0.2, 0) is 11.3 Å². The average Bonchev–Trinajstić information content (AvgIpc) is 2.47. The number of benzene rings is 1. The Morgan fingerprint density at radius 3 is 2.80 bits per heavy atom. The van der Waals surface area contributed by atoms with Crippen molar-refractivity contribution >= 4 is 0 Å². The van der Waals surface area contributed by atoms with Crippen LogP contribution in [0, 0.1) is 17.8 Å². The van der Waals surface area contributed by atoms with Crippen LogP contribution in [0.3, 0.4) is 0 Å². The molecule has 1 aromatic rings. The number of hydrogen-bond donors (Lipinski definition) is 1. The van der Waals surface area contributed by atoms with Crippen molar-refractivity contribution in [3.63, 3.8) is 0 Å². The maximum atomic E-state index is 5.46. The zero-order valence-electron chi connectivity index (χ0n) is 12.3. The lowest BCUT2D eigenvalue weighted by atomic mass is 9.99. The summed E-state index contributed by atoms with van der Waals surface area (Å²) in [6, 6.07) is 8.33. The molecular formula is C17H24N2O. The third kappa shape index (κ3) is 4.64. The highest BCUT2D eigenvalue weighted by atomic mass is 16.5. The smallest absolute Gasteiger partial charge is 0.0555 e. The predicted octanol–water partition coefficient (Wildman–Crippen LogP) is 1.86. The first-order valence-corrected chi connectivity index (χ1v) is 7.32. The summed E-state index contributed by atoms with van der Waals surface area (Å²) >= 11 is 0. The predicted molar refractivity (Wildman–Crippen MR) is 82.3 cm³/mol. The maximum absolute atomic E-state index is 5.46. The van der Waals surface area contributed by atoms with Crippen LogP contribution < -0.4 is 5.73 Å². The summed E-state index contributed by atoms with van der Waals surface area (Å²) in [5, 5.41) is 0. The summed E-state index contributed by atoms with van der Waals surface area (Å²) in [4.78, 5) is 2.39. The van der Waals surface area contributed by atoms with Gasteiger partial charge in [-0.1, -0.05) is 30.0 Å². The highest BCUT2D eigenvalue weighted by Crippen LogP contribution is 2.17. The minimum atomic E-state index is 0.409. The van der Waals surface area contributed by atoms with Crippen LogP contribution in [0.4, 0.5) is 0 Å². The molecule has 0 atom stereocenters. The summed E-state index contributed by atoms with van der Waals surface area (Å²) in [6.45, 7) is 4.30. The second-order valence-corrected chi connectivity index (χ2v) is 5.42. The molecule has 2 N–H and O–H groups in total. The van der Waals surface area contributed by atoms with Crippen molar-refractivity contribution in [2.75, 3.05) is 33.4 Å². The van der Waals surface area contributed by atoms with Gasteiger partial charge in [0, 0.05) is 31.9 Å². The number of hydrogen-bond acceptors (Lipinski definition) is 3. The minimum Gasteiger partial charge on any atom is -0.381 e. The zero-order chi connectivity index (χ0) is 14.2. The second-order valence-electron chi connectivity index (χ2n) is 5.42. The fraction of sp³-hybridized carbons (Fsp3) is 0.529. The SMILES string of the molecule is CN(Cc1ccccc1C#CCN)CC1CCOCC1. The molecule has 0 unspecified atom stereocenters. The van der Waals surface area contributed by atoms with Gasteiger partial charge in [-0.2, -0.15) is 0 Å². The molecule has 108 valence electrons. The standard InChI is InChI=1S/C17H24N2O/c1-19(13-15-8-11-20-12-9-15)14-17-6-3-2-5-16(17)7-4-10-18/h2-3,5-6,15H,8-14,18H2,1H3. The number of rotatable bonds is 4. The van der Waals surface area contributed by atoms with Crippen LogP contribution in [0.2, 0.25) is 0 Å². The molecule has 20 heavy (non-hydrogen) atoms. The Balaban J connectivity index is 1.94. The van der Waals surface area contributed by atoms with E-state index in [1.54, 1.807) is 0 Å². The van der Waals surface area contributed by atoms with E-state index in [-0.39, 0.29) is 0 Å². The van der Waals surface area contributed by atoms with Gasteiger partial charge < -0.3 is 15.4 Å². The van der Waals surface area contributed by atoms with Crippen LogP contribution in [0.1, 0.15) is 24.0 Å². The summed E-state index contributed by atoms with van der Waals surface area (Å²) in [5.41, 5.74) is 7.83. The van der Waals surface area contributed by atoms with Crippen LogP contribution in [0.25, 0.3) is 0 Å². The first kappa shape index (κ1) is 15.1. The van der Waals surface area contributed by atoms with E-state index in [1.165, 1.54) is 18.4 Å². The molecule has 3 nitrogen and oxygen atoms in total. The Labute approximate surface area is 122 Å². The highest BCUT2D eigenvalue weighted by molar-refractivity contribution is 5.41. The molecule has 1 aliphatic rings. The van der Waals surface area contributed by atoms with E-state index in [2.05, 4.69) is 42.0 Å². The first-order valence-electron chi connectivity index (χ1n) is 7.32. The largest absolute Gasteiger partial charge is 0.381 e. The van der Waals surface area contributed by atoms with Gasteiger partial charge in [-0.25, -0.2) is 0 Å². The molecule has 1 aromatic carbocycles. The monoisotopic (exact) mass is 272 g/mol. The van der Waals surface area contributed by atoms with Crippen LogP contribution in [-0.4, -0.2) is 38.3 Å². The van der Waals surface area contributed by atoms with Gasteiger partial charge in [-0.3, -0.25) is 0 Å². The number of nitrogens with zero attached hydrogens (tertiary/aromatic N) is 1. The van der Waals surface area contributed by atoms with Crippen molar-refractivity contribution < 1.29 is 4.74 Å². The Morgan fingerprint density at radius 1 is 1.30 bits per heavy atom. The van der Waals surface area contributed by atoms with E-state index >= 15 is 0 Å². The number of ether oxygens (including phenoxy) is 1. The van der Waals surface area contributed by atoms with Gasteiger partial charge in [-0.05, 0) is 37.4 Å². The van der Waals surface area contributed by atoms with Gasteiger partial charge in [0.1, 0.15) is 0 Å². The van der Waals surface area contributed by atoms with E-state index in [4.69, 9.17) is 10.5 Å². The van der Waals surface area contributed by atoms with Crippen molar-refractivity contribution in [3.05, 3.63) is 35.4 Å². The van der Waals surface area contributed by atoms with Gasteiger partial charge in [0.05, 0.1) is 6.54 Å². The zero-order valence-corrected chi connectivity index (χ0v) is 12.3.